The lowest BCUT2D eigenvalue weighted by molar-refractivity contribution is -0.130. The summed E-state index contributed by atoms with van der Waals surface area (Å²) in [5, 5.41) is 4.95. The fraction of sp³-hybridized carbons (Fsp3) is 0.250. The standard InChI is InChI=1S/C20H21F2N3O3/c1-12(26)24-18(10-13-6-8-15(21)9-7-13)20(28)25-17(19(23)27)11-14-4-2-3-5-16(14)22/h2-9,17-18H,10-11H2,1H3,(H2,23,27)(H,24,26)(H,25,28)/t17-,18-/m1/s1. The second-order valence-corrected chi connectivity index (χ2v) is 6.34. The number of halogens is 2. The zero-order valence-corrected chi connectivity index (χ0v) is 15.2. The summed E-state index contributed by atoms with van der Waals surface area (Å²) in [6.07, 6.45) is -0.0477. The Hall–Kier alpha value is -3.29. The Morgan fingerprint density at radius 1 is 0.929 bits per heavy atom. The van der Waals surface area contributed by atoms with Gasteiger partial charge in [0.1, 0.15) is 23.7 Å². The average Bonchev–Trinajstić information content (AvgIpc) is 2.63. The van der Waals surface area contributed by atoms with E-state index >= 15 is 0 Å². The molecule has 0 unspecified atom stereocenters. The Morgan fingerprint density at radius 3 is 2.14 bits per heavy atom. The zero-order valence-electron chi connectivity index (χ0n) is 15.2. The van der Waals surface area contributed by atoms with Gasteiger partial charge in [-0.1, -0.05) is 30.3 Å². The monoisotopic (exact) mass is 389 g/mol. The minimum atomic E-state index is -1.16. The summed E-state index contributed by atoms with van der Waals surface area (Å²) in [7, 11) is 0. The molecule has 8 heteroatoms. The Bertz CT molecular complexity index is 856. The Balaban J connectivity index is 2.14. The molecule has 0 aliphatic rings. The molecule has 2 aromatic rings. The van der Waals surface area contributed by atoms with Crippen LogP contribution in [0, 0.1) is 11.6 Å². The summed E-state index contributed by atoms with van der Waals surface area (Å²) in [6, 6.07) is 9.12. The quantitative estimate of drug-likeness (QED) is 0.633. The number of benzene rings is 2. The van der Waals surface area contributed by atoms with Crippen molar-refractivity contribution in [2.75, 3.05) is 0 Å². The van der Waals surface area contributed by atoms with Gasteiger partial charge in [-0.25, -0.2) is 8.78 Å². The van der Waals surface area contributed by atoms with Gasteiger partial charge in [-0.2, -0.15) is 0 Å². The molecule has 2 aromatic carbocycles. The van der Waals surface area contributed by atoms with Crippen LogP contribution in [0.2, 0.25) is 0 Å². The van der Waals surface area contributed by atoms with Crippen molar-refractivity contribution in [2.24, 2.45) is 5.73 Å². The van der Waals surface area contributed by atoms with E-state index in [1.165, 1.54) is 49.4 Å². The van der Waals surface area contributed by atoms with Crippen molar-refractivity contribution in [3.05, 3.63) is 71.3 Å². The van der Waals surface area contributed by atoms with E-state index in [0.717, 1.165) is 0 Å². The molecule has 4 N–H and O–H groups in total. The molecular weight excluding hydrogens is 368 g/mol. The van der Waals surface area contributed by atoms with Crippen molar-refractivity contribution >= 4 is 17.7 Å². The summed E-state index contributed by atoms with van der Waals surface area (Å²) >= 11 is 0. The van der Waals surface area contributed by atoms with Gasteiger partial charge in [0.25, 0.3) is 0 Å². The largest absolute Gasteiger partial charge is 0.368 e. The molecule has 0 saturated heterocycles. The highest BCUT2D eigenvalue weighted by Crippen LogP contribution is 2.10. The lowest BCUT2D eigenvalue weighted by Crippen LogP contribution is -2.54. The van der Waals surface area contributed by atoms with Gasteiger partial charge in [-0.3, -0.25) is 14.4 Å². The number of carbonyl (C=O) groups excluding carboxylic acids is 3. The third-order valence-corrected chi connectivity index (χ3v) is 4.09. The van der Waals surface area contributed by atoms with E-state index < -0.39 is 41.4 Å². The van der Waals surface area contributed by atoms with Gasteiger partial charge in [0.2, 0.25) is 17.7 Å². The van der Waals surface area contributed by atoms with Gasteiger partial charge < -0.3 is 16.4 Å². The Labute approximate surface area is 161 Å². The smallest absolute Gasteiger partial charge is 0.243 e. The van der Waals surface area contributed by atoms with Crippen LogP contribution in [0.15, 0.2) is 48.5 Å². The minimum Gasteiger partial charge on any atom is -0.368 e. The van der Waals surface area contributed by atoms with E-state index in [2.05, 4.69) is 10.6 Å². The third kappa shape index (κ3) is 6.15. The molecule has 2 rings (SSSR count). The van der Waals surface area contributed by atoms with Crippen LogP contribution in [0.4, 0.5) is 8.78 Å². The summed E-state index contributed by atoms with van der Waals surface area (Å²) < 4.78 is 26.9. The summed E-state index contributed by atoms with van der Waals surface area (Å²) in [5.41, 5.74) is 6.18. The van der Waals surface area contributed by atoms with E-state index in [0.29, 0.717) is 5.56 Å². The van der Waals surface area contributed by atoms with E-state index in [1.807, 2.05) is 0 Å². The molecule has 0 bridgehead atoms. The topological polar surface area (TPSA) is 101 Å². The molecule has 28 heavy (non-hydrogen) atoms. The van der Waals surface area contributed by atoms with Crippen molar-refractivity contribution in [2.45, 2.75) is 31.8 Å². The van der Waals surface area contributed by atoms with Gasteiger partial charge in [0, 0.05) is 19.8 Å². The van der Waals surface area contributed by atoms with Crippen LogP contribution in [0.25, 0.3) is 0 Å². The lowest BCUT2D eigenvalue weighted by atomic mass is 10.0. The van der Waals surface area contributed by atoms with Crippen LogP contribution in [0.5, 0.6) is 0 Å². The number of nitrogens with two attached hydrogens (primary N) is 1. The summed E-state index contributed by atoms with van der Waals surface area (Å²) in [6.45, 7) is 1.25. The molecule has 0 radical (unpaired) electrons. The minimum absolute atomic E-state index is 0.0802. The number of carbonyl (C=O) groups is 3. The first kappa shape index (κ1) is 21.0. The fourth-order valence-electron chi connectivity index (χ4n) is 2.69. The van der Waals surface area contributed by atoms with E-state index in [4.69, 9.17) is 5.73 Å². The molecule has 6 nitrogen and oxygen atoms in total. The van der Waals surface area contributed by atoms with Gasteiger partial charge in [0.05, 0.1) is 0 Å². The number of primary amides is 1. The van der Waals surface area contributed by atoms with Crippen LogP contribution in [0.3, 0.4) is 0 Å². The number of hydrogen-bond acceptors (Lipinski definition) is 3. The first-order valence-corrected chi connectivity index (χ1v) is 8.61. The van der Waals surface area contributed by atoms with Crippen LogP contribution < -0.4 is 16.4 Å². The normalized spacial score (nSPS) is 12.7. The lowest BCUT2D eigenvalue weighted by Gasteiger charge is -2.22. The average molecular weight is 389 g/mol. The molecule has 0 saturated carbocycles. The van der Waals surface area contributed by atoms with Crippen LogP contribution in [0.1, 0.15) is 18.1 Å². The second kappa shape index (κ2) is 9.59. The maximum atomic E-state index is 13.8. The van der Waals surface area contributed by atoms with Crippen molar-refractivity contribution in [1.29, 1.82) is 0 Å². The van der Waals surface area contributed by atoms with E-state index in [-0.39, 0.29) is 18.4 Å². The first-order chi connectivity index (χ1) is 13.3. The molecule has 2 atom stereocenters. The van der Waals surface area contributed by atoms with Gasteiger partial charge in [0.15, 0.2) is 0 Å². The molecule has 0 fully saturated rings. The van der Waals surface area contributed by atoms with Crippen molar-refractivity contribution in [3.8, 4) is 0 Å². The molecule has 0 spiro atoms. The summed E-state index contributed by atoms with van der Waals surface area (Å²) in [5.74, 6) is -2.89. The first-order valence-electron chi connectivity index (χ1n) is 8.61. The molecule has 0 aliphatic carbocycles. The highest BCUT2D eigenvalue weighted by atomic mass is 19.1. The van der Waals surface area contributed by atoms with Crippen LogP contribution >= 0.6 is 0 Å². The molecule has 0 heterocycles. The molecule has 0 aromatic heterocycles. The van der Waals surface area contributed by atoms with Gasteiger partial charge in [-0.15, -0.1) is 0 Å². The van der Waals surface area contributed by atoms with Gasteiger partial charge in [-0.05, 0) is 29.3 Å². The van der Waals surface area contributed by atoms with Crippen LogP contribution in [-0.2, 0) is 27.2 Å². The molecule has 148 valence electrons. The highest BCUT2D eigenvalue weighted by molar-refractivity contribution is 5.91. The number of hydrogen-bond donors (Lipinski definition) is 3. The number of amides is 3. The maximum Gasteiger partial charge on any atom is 0.243 e. The third-order valence-electron chi connectivity index (χ3n) is 4.09. The van der Waals surface area contributed by atoms with Crippen LogP contribution in [-0.4, -0.2) is 29.8 Å². The van der Waals surface area contributed by atoms with Crippen molar-refractivity contribution < 1.29 is 23.2 Å². The predicted octanol–water partition coefficient (Wildman–Crippen LogP) is 1.22. The Kier molecular flexibility index (Phi) is 7.20. The maximum absolute atomic E-state index is 13.8. The number of rotatable bonds is 8. The molecule has 0 aliphatic heterocycles. The Morgan fingerprint density at radius 2 is 1.57 bits per heavy atom. The second-order valence-electron chi connectivity index (χ2n) is 6.34. The van der Waals surface area contributed by atoms with Crippen molar-refractivity contribution in [3.63, 3.8) is 0 Å². The number of nitrogens with one attached hydrogen (secondary N) is 2. The highest BCUT2D eigenvalue weighted by Gasteiger charge is 2.26. The predicted molar refractivity (Wildman–Crippen MR) is 98.9 cm³/mol. The zero-order chi connectivity index (χ0) is 20.7. The summed E-state index contributed by atoms with van der Waals surface area (Å²) in [4.78, 5) is 35.9. The molecular formula is C20H21F2N3O3. The van der Waals surface area contributed by atoms with E-state index in [9.17, 15) is 23.2 Å². The fourth-order valence-corrected chi connectivity index (χ4v) is 2.69. The van der Waals surface area contributed by atoms with Gasteiger partial charge >= 0.3 is 0 Å². The molecule has 3 amide bonds. The van der Waals surface area contributed by atoms with E-state index in [1.54, 1.807) is 6.07 Å². The SMILES string of the molecule is CC(=O)N[C@H](Cc1ccc(F)cc1)C(=O)N[C@H](Cc1ccccc1F)C(N)=O. The van der Waals surface area contributed by atoms with Crippen molar-refractivity contribution in [1.82, 2.24) is 10.6 Å².